The number of carbonyl (C=O) groups is 2. The molecule has 31 heavy (non-hydrogen) atoms. The van der Waals surface area contributed by atoms with Gasteiger partial charge in [-0.1, -0.05) is 55.0 Å². The first-order valence-electron chi connectivity index (χ1n) is 10.4. The molecule has 8 nitrogen and oxygen atoms in total. The van der Waals surface area contributed by atoms with E-state index in [-0.39, 0.29) is 18.0 Å². The Kier molecular flexibility index (Phi) is 8.02. The number of hydrogen-bond acceptors (Lipinski definition) is 4. The van der Waals surface area contributed by atoms with Crippen LogP contribution in [0.4, 0.5) is 4.79 Å². The molecule has 2 aromatic carbocycles. The summed E-state index contributed by atoms with van der Waals surface area (Å²) in [6.07, 6.45) is 2.75. The minimum absolute atomic E-state index is 0.0649. The minimum Gasteiger partial charge on any atom is -0.350 e. The molecule has 166 valence electrons. The summed E-state index contributed by atoms with van der Waals surface area (Å²) in [4.78, 5) is 24.2. The summed E-state index contributed by atoms with van der Waals surface area (Å²) < 4.78 is 27.5. The Labute approximate surface area is 183 Å². The van der Waals surface area contributed by atoms with E-state index in [1.807, 2.05) is 30.3 Å². The molecule has 0 atom stereocenters. The van der Waals surface area contributed by atoms with Gasteiger partial charge >= 0.3 is 6.03 Å². The molecule has 0 unspecified atom stereocenters. The monoisotopic (exact) mass is 444 g/mol. The van der Waals surface area contributed by atoms with Crippen LogP contribution in [-0.4, -0.2) is 44.3 Å². The number of nitrogens with one attached hydrogen (secondary N) is 3. The van der Waals surface area contributed by atoms with Crippen LogP contribution in [0, 0.1) is 0 Å². The summed E-state index contributed by atoms with van der Waals surface area (Å²) >= 11 is 0. The van der Waals surface area contributed by atoms with Crippen molar-refractivity contribution >= 4 is 22.0 Å². The lowest BCUT2D eigenvalue weighted by atomic mass is 10.2. The van der Waals surface area contributed by atoms with Crippen LogP contribution in [0.15, 0.2) is 59.5 Å². The van der Waals surface area contributed by atoms with Crippen molar-refractivity contribution in [2.75, 3.05) is 19.6 Å². The van der Waals surface area contributed by atoms with E-state index in [4.69, 9.17) is 0 Å². The third-order valence-electron chi connectivity index (χ3n) is 5.09. The normalized spacial score (nSPS) is 14.6. The molecule has 0 spiro atoms. The van der Waals surface area contributed by atoms with Crippen molar-refractivity contribution in [1.82, 2.24) is 20.3 Å². The molecule has 0 aliphatic carbocycles. The maximum absolute atomic E-state index is 13.0. The first-order chi connectivity index (χ1) is 15.0. The van der Waals surface area contributed by atoms with Gasteiger partial charge in [0.05, 0.1) is 11.4 Å². The second-order valence-electron chi connectivity index (χ2n) is 7.37. The van der Waals surface area contributed by atoms with E-state index in [9.17, 15) is 18.0 Å². The first-order valence-corrected chi connectivity index (χ1v) is 11.8. The molecule has 3 rings (SSSR count). The summed E-state index contributed by atoms with van der Waals surface area (Å²) in [7, 11) is -3.60. The molecule has 9 heteroatoms. The predicted octanol–water partition coefficient (Wildman–Crippen LogP) is 1.98. The van der Waals surface area contributed by atoms with Crippen LogP contribution in [0.25, 0.3) is 0 Å². The Hall–Kier alpha value is -2.91. The molecule has 1 fully saturated rings. The Morgan fingerprint density at radius 1 is 0.806 bits per heavy atom. The van der Waals surface area contributed by atoms with Gasteiger partial charge in [0.2, 0.25) is 15.9 Å². The second kappa shape index (κ2) is 10.9. The van der Waals surface area contributed by atoms with Gasteiger partial charge in [-0.15, -0.1) is 0 Å². The van der Waals surface area contributed by atoms with Crippen LogP contribution >= 0.6 is 0 Å². The fourth-order valence-electron chi connectivity index (χ4n) is 3.40. The average Bonchev–Trinajstić information content (AvgIpc) is 2.81. The molecule has 0 saturated carbocycles. The third kappa shape index (κ3) is 6.53. The van der Waals surface area contributed by atoms with E-state index in [2.05, 4.69) is 16.0 Å². The molecule has 1 aliphatic heterocycles. The quantitative estimate of drug-likeness (QED) is 0.579. The van der Waals surface area contributed by atoms with Gasteiger partial charge in [0.25, 0.3) is 0 Å². The highest BCUT2D eigenvalue weighted by atomic mass is 32.2. The first kappa shape index (κ1) is 22.8. The van der Waals surface area contributed by atoms with Crippen molar-refractivity contribution in [2.24, 2.45) is 0 Å². The van der Waals surface area contributed by atoms with Gasteiger partial charge in [-0.3, -0.25) is 4.79 Å². The third-order valence-corrected chi connectivity index (χ3v) is 7.09. The number of piperidine rings is 1. The fourth-order valence-corrected chi connectivity index (χ4v) is 5.14. The number of amides is 3. The highest BCUT2D eigenvalue weighted by Gasteiger charge is 2.27. The van der Waals surface area contributed by atoms with E-state index < -0.39 is 22.0 Å². The van der Waals surface area contributed by atoms with Crippen LogP contribution < -0.4 is 16.0 Å². The minimum atomic E-state index is -3.60. The van der Waals surface area contributed by atoms with Gasteiger partial charge in [-0.25, -0.2) is 13.2 Å². The second-order valence-corrected chi connectivity index (χ2v) is 9.28. The molecular weight excluding hydrogens is 416 g/mol. The van der Waals surface area contributed by atoms with Crippen molar-refractivity contribution in [3.63, 3.8) is 0 Å². The standard InChI is InChI=1S/C22H28N4O4S/c27-21(17-25-22(28)24-15-18-9-3-1-4-10-18)23-16-19-11-5-6-12-20(19)31(29,30)26-13-7-2-8-14-26/h1,3-6,9-12H,2,7-8,13-17H2,(H,23,27)(H2,24,25,28). The Morgan fingerprint density at radius 2 is 1.48 bits per heavy atom. The molecule has 0 radical (unpaired) electrons. The summed E-state index contributed by atoms with van der Waals surface area (Å²) in [5, 5.41) is 7.85. The van der Waals surface area contributed by atoms with Crippen LogP contribution in [0.1, 0.15) is 30.4 Å². The molecular formula is C22H28N4O4S. The summed E-state index contributed by atoms with van der Waals surface area (Å²) in [5.41, 5.74) is 1.48. The Morgan fingerprint density at radius 3 is 2.23 bits per heavy atom. The van der Waals surface area contributed by atoms with Crippen molar-refractivity contribution in [3.05, 3.63) is 65.7 Å². The molecule has 3 N–H and O–H groups in total. The SMILES string of the molecule is O=C(CNC(=O)NCc1ccccc1)NCc1ccccc1S(=O)(=O)N1CCCCC1. The zero-order valence-corrected chi connectivity index (χ0v) is 18.2. The molecule has 1 saturated heterocycles. The Balaban J connectivity index is 1.49. The van der Waals surface area contributed by atoms with E-state index in [0.717, 1.165) is 24.8 Å². The lowest BCUT2D eigenvalue weighted by Gasteiger charge is -2.26. The average molecular weight is 445 g/mol. The number of carbonyl (C=O) groups excluding carboxylic acids is 2. The fraction of sp³-hybridized carbons (Fsp3) is 0.364. The highest BCUT2D eigenvalue weighted by molar-refractivity contribution is 7.89. The molecule has 0 aromatic heterocycles. The van der Waals surface area contributed by atoms with E-state index in [1.54, 1.807) is 24.3 Å². The zero-order valence-electron chi connectivity index (χ0n) is 17.3. The van der Waals surface area contributed by atoms with E-state index in [0.29, 0.717) is 25.2 Å². The summed E-state index contributed by atoms with van der Waals surface area (Å²) in [6, 6.07) is 15.7. The van der Waals surface area contributed by atoms with E-state index in [1.165, 1.54) is 4.31 Å². The predicted molar refractivity (Wildman–Crippen MR) is 118 cm³/mol. The number of hydrogen-bond donors (Lipinski definition) is 3. The molecule has 0 bridgehead atoms. The van der Waals surface area contributed by atoms with Gasteiger partial charge in [-0.05, 0) is 30.0 Å². The van der Waals surface area contributed by atoms with Gasteiger partial charge in [0.15, 0.2) is 0 Å². The lowest BCUT2D eigenvalue weighted by Crippen LogP contribution is -2.41. The van der Waals surface area contributed by atoms with E-state index >= 15 is 0 Å². The van der Waals surface area contributed by atoms with Crippen molar-refractivity contribution in [3.8, 4) is 0 Å². The van der Waals surface area contributed by atoms with Crippen LogP contribution in [0.3, 0.4) is 0 Å². The number of sulfonamides is 1. The van der Waals surface area contributed by atoms with Gasteiger partial charge < -0.3 is 16.0 Å². The van der Waals surface area contributed by atoms with Crippen LogP contribution in [-0.2, 0) is 27.9 Å². The lowest BCUT2D eigenvalue weighted by molar-refractivity contribution is -0.120. The molecule has 2 aromatic rings. The smallest absolute Gasteiger partial charge is 0.315 e. The van der Waals surface area contributed by atoms with Gasteiger partial charge in [0.1, 0.15) is 0 Å². The number of rotatable bonds is 8. The number of benzene rings is 2. The van der Waals surface area contributed by atoms with Crippen LogP contribution in [0.5, 0.6) is 0 Å². The number of nitrogens with zero attached hydrogens (tertiary/aromatic N) is 1. The maximum atomic E-state index is 13.0. The van der Waals surface area contributed by atoms with Gasteiger partial charge in [0, 0.05) is 26.2 Å². The molecule has 3 amide bonds. The highest BCUT2D eigenvalue weighted by Crippen LogP contribution is 2.23. The summed E-state index contributed by atoms with van der Waals surface area (Å²) in [6.45, 7) is 1.25. The maximum Gasteiger partial charge on any atom is 0.315 e. The van der Waals surface area contributed by atoms with Crippen LogP contribution in [0.2, 0.25) is 0 Å². The van der Waals surface area contributed by atoms with Crippen molar-refractivity contribution in [2.45, 2.75) is 37.2 Å². The largest absolute Gasteiger partial charge is 0.350 e. The topological polar surface area (TPSA) is 108 Å². The molecule has 1 heterocycles. The van der Waals surface area contributed by atoms with Crippen molar-refractivity contribution < 1.29 is 18.0 Å². The number of urea groups is 1. The van der Waals surface area contributed by atoms with Gasteiger partial charge in [-0.2, -0.15) is 4.31 Å². The molecule has 1 aliphatic rings. The summed E-state index contributed by atoms with van der Waals surface area (Å²) in [5.74, 6) is -0.403. The van der Waals surface area contributed by atoms with Crippen molar-refractivity contribution in [1.29, 1.82) is 0 Å². The zero-order chi connectivity index (χ0) is 22.1. The Bertz CT molecular complexity index is 990.